The molecule has 206 valence electrons. The molecule has 1 atom stereocenters. The molecular weight excluding hydrogens is 506 g/mol. The molecule has 0 saturated carbocycles. The van der Waals surface area contributed by atoms with E-state index in [0.29, 0.717) is 37.2 Å². The quantitative estimate of drug-likeness (QED) is 0.318. The highest BCUT2D eigenvalue weighted by Gasteiger charge is 2.25. The largest absolute Gasteiger partial charge is 0.461 e. The number of hydrogen-bond donors (Lipinski definition) is 1. The summed E-state index contributed by atoms with van der Waals surface area (Å²) in [6.45, 7) is 4.25. The lowest BCUT2D eigenvalue weighted by Crippen LogP contribution is -2.36. The fraction of sp³-hybridized carbons (Fsp3) is 0.355. The Hall–Kier alpha value is -4.24. The maximum Gasteiger partial charge on any atom is 0.359 e. The minimum Gasteiger partial charge on any atom is -0.461 e. The molecule has 1 fully saturated rings. The van der Waals surface area contributed by atoms with Crippen molar-refractivity contribution in [3.63, 3.8) is 0 Å². The van der Waals surface area contributed by atoms with E-state index in [1.165, 1.54) is 16.3 Å². The van der Waals surface area contributed by atoms with Crippen LogP contribution >= 0.6 is 0 Å². The number of anilines is 1. The minimum atomic E-state index is -0.489. The zero-order valence-electron chi connectivity index (χ0n) is 22.6. The smallest absolute Gasteiger partial charge is 0.359 e. The molecular formula is C31H33N5O4. The molecule has 2 aliphatic heterocycles. The van der Waals surface area contributed by atoms with Gasteiger partial charge in [0.25, 0.3) is 0 Å². The Bertz CT molecular complexity index is 1580. The monoisotopic (exact) mass is 539 g/mol. The molecule has 0 bridgehead atoms. The van der Waals surface area contributed by atoms with Crippen LogP contribution in [0.25, 0.3) is 21.7 Å². The van der Waals surface area contributed by atoms with Crippen molar-refractivity contribution in [2.75, 3.05) is 38.2 Å². The second-order valence-corrected chi connectivity index (χ2v) is 10.1. The van der Waals surface area contributed by atoms with Crippen molar-refractivity contribution in [3.8, 4) is 0 Å². The number of fused-ring (bicyclic) bond motifs is 2. The highest BCUT2D eigenvalue weighted by atomic mass is 16.5. The Morgan fingerprint density at radius 2 is 1.95 bits per heavy atom. The number of rotatable bonds is 8. The summed E-state index contributed by atoms with van der Waals surface area (Å²) in [5.74, 6) is 0.282. The van der Waals surface area contributed by atoms with Crippen LogP contribution in [-0.4, -0.2) is 65.2 Å². The van der Waals surface area contributed by atoms with Gasteiger partial charge in [0.15, 0.2) is 11.9 Å². The number of nitrogens with one attached hydrogen (secondary N) is 1. The third-order valence-corrected chi connectivity index (χ3v) is 7.48. The molecule has 40 heavy (non-hydrogen) atoms. The van der Waals surface area contributed by atoms with Crippen LogP contribution in [0.3, 0.4) is 0 Å². The average Bonchev–Trinajstić information content (AvgIpc) is 3.58. The molecule has 2 aliphatic rings. The second-order valence-electron chi connectivity index (χ2n) is 10.1. The number of nitrogens with zero attached hydrogens (tertiary/aromatic N) is 4. The molecule has 1 saturated heterocycles. The molecule has 9 nitrogen and oxygen atoms in total. The summed E-state index contributed by atoms with van der Waals surface area (Å²) >= 11 is 0. The van der Waals surface area contributed by atoms with Crippen LogP contribution in [0, 0.1) is 0 Å². The van der Waals surface area contributed by atoms with Gasteiger partial charge in [0.05, 0.1) is 25.2 Å². The highest BCUT2D eigenvalue weighted by molar-refractivity contribution is 6.05. The number of hydrogen-bond acceptors (Lipinski definition) is 7. The second kappa shape index (κ2) is 11.5. The zero-order chi connectivity index (χ0) is 27.5. The molecule has 1 aromatic heterocycles. The van der Waals surface area contributed by atoms with Crippen LogP contribution in [0.15, 0.2) is 65.7 Å². The summed E-state index contributed by atoms with van der Waals surface area (Å²) in [5, 5.41) is 10.6. The third kappa shape index (κ3) is 5.29. The summed E-state index contributed by atoms with van der Waals surface area (Å²) in [7, 11) is 0. The van der Waals surface area contributed by atoms with Crippen molar-refractivity contribution in [1.29, 1.82) is 0 Å². The number of benzene rings is 3. The van der Waals surface area contributed by atoms with Crippen LogP contribution in [0.1, 0.15) is 48.5 Å². The molecule has 6 rings (SSSR count). The van der Waals surface area contributed by atoms with Gasteiger partial charge in [0, 0.05) is 30.6 Å². The molecule has 1 amide bonds. The molecule has 0 radical (unpaired) electrons. The normalized spacial score (nSPS) is 17.3. The van der Waals surface area contributed by atoms with E-state index in [9.17, 15) is 9.59 Å². The first-order valence-electron chi connectivity index (χ1n) is 14.0. The summed E-state index contributed by atoms with van der Waals surface area (Å²) in [6.07, 6.45) is 3.33. The summed E-state index contributed by atoms with van der Waals surface area (Å²) < 4.78 is 13.0. The van der Waals surface area contributed by atoms with Gasteiger partial charge in [-0.2, -0.15) is 5.10 Å². The standard InChI is InChI=1S/C31H33N5O4/c1-2-39-31(38)30-25-19-23(13-14-26(25)36(34-30)29-12-5-6-17-40-29)33-28(37)20-35-16-15-32-27(35)18-22-10-7-9-21-8-3-4-11-24(21)22/h3-4,7-11,13-14,19,29H,2,5-6,12,15-18,20H2,1H3,(H,33,37). The lowest BCUT2D eigenvalue weighted by molar-refractivity contribution is -0.116. The average molecular weight is 540 g/mol. The van der Waals surface area contributed by atoms with E-state index in [-0.39, 0.29) is 31.0 Å². The zero-order valence-corrected chi connectivity index (χ0v) is 22.6. The van der Waals surface area contributed by atoms with Gasteiger partial charge in [-0.3, -0.25) is 9.79 Å². The van der Waals surface area contributed by atoms with Crippen LogP contribution in [0.2, 0.25) is 0 Å². The Kier molecular flexibility index (Phi) is 7.46. The van der Waals surface area contributed by atoms with Crippen LogP contribution in [-0.2, 0) is 20.7 Å². The van der Waals surface area contributed by atoms with Gasteiger partial charge in [-0.1, -0.05) is 42.5 Å². The lowest BCUT2D eigenvalue weighted by atomic mass is 10.0. The van der Waals surface area contributed by atoms with E-state index in [1.54, 1.807) is 17.7 Å². The molecule has 3 heterocycles. The molecule has 4 aromatic rings. The van der Waals surface area contributed by atoms with E-state index in [4.69, 9.17) is 14.5 Å². The van der Waals surface area contributed by atoms with E-state index in [2.05, 4.69) is 40.7 Å². The predicted molar refractivity (Wildman–Crippen MR) is 155 cm³/mol. The minimum absolute atomic E-state index is 0.146. The Labute approximate surface area is 232 Å². The first-order valence-corrected chi connectivity index (χ1v) is 14.0. The van der Waals surface area contributed by atoms with E-state index < -0.39 is 5.97 Å². The number of carbonyl (C=O) groups excluding carboxylic acids is 2. The lowest BCUT2D eigenvalue weighted by Gasteiger charge is -2.23. The summed E-state index contributed by atoms with van der Waals surface area (Å²) in [6, 6.07) is 20.1. The molecule has 0 spiro atoms. The maximum absolute atomic E-state index is 13.1. The Balaban J connectivity index is 1.19. The number of aromatic nitrogens is 2. The topological polar surface area (TPSA) is 98.0 Å². The van der Waals surface area contributed by atoms with Gasteiger partial charge in [0.2, 0.25) is 5.91 Å². The van der Waals surface area contributed by atoms with Crippen molar-refractivity contribution in [2.24, 2.45) is 4.99 Å². The first kappa shape index (κ1) is 26.0. The summed E-state index contributed by atoms with van der Waals surface area (Å²) in [5.41, 5.74) is 2.79. The van der Waals surface area contributed by atoms with E-state index in [0.717, 1.165) is 30.6 Å². The SMILES string of the molecule is CCOC(=O)c1nn(C2CCCCO2)c2ccc(NC(=O)CN3CCN=C3Cc3cccc4ccccc34)cc12. The third-order valence-electron chi connectivity index (χ3n) is 7.48. The van der Waals surface area contributed by atoms with Gasteiger partial charge in [-0.15, -0.1) is 0 Å². The fourth-order valence-corrected chi connectivity index (χ4v) is 5.56. The van der Waals surface area contributed by atoms with Crippen molar-refractivity contribution in [2.45, 2.75) is 38.8 Å². The first-order chi connectivity index (χ1) is 19.6. The summed E-state index contributed by atoms with van der Waals surface area (Å²) in [4.78, 5) is 32.6. The van der Waals surface area contributed by atoms with Crippen molar-refractivity contribution >= 4 is 45.1 Å². The Morgan fingerprint density at radius 3 is 2.80 bits per heavy atom. The van der Waals surface area contributed by atoms with Crippen LogP contribution in [0.5, 0.6) is 0 Å². The number of amides is 1. The van der Waals surface area contributed by atoms with Gasteiger partial charge in [-0.05, 0) is 60.7 Å². The van der Waals surface area contributed by atoms with Crippen LogP contribution < -0.4 is 5.32 Å². The Morgan fingerprint density at radius 1 is 1.07 bits per heavy atom. The number of ether oxygens (including phenoxy) is 2. The molecule has 1 unspecified atom stereocenters. The molecule has 3 aromatic carbocycles. The van der Waals surface area contributed by atoms with Crippen LogP contribution in [0.4, 0.5) is 5.69 Å². The molecule has 1 N–H and O–H groups in total. The maximum atomic E-state index is 13.1. The number of aliphatic imine (C=N–C) groups is 1. The number of amidine groups is 1. The van der Waals surface area contributed by atoms with Gasteiger partial charge in [-0.25, -0.2) is 9.48 Å². The van der Waals surface area contributed by atoms with Gasteiger partial charge < -0.3 is 19.7 Å². The predicted octanol–water partition coefficient (Wildman–Crippen LogP) is 4.96. The highest BCUT2D eigenvalue weighted by Crippen LogP contribution is 2.30. The van der Waals surface area contributed by atoms with Crippen molar-refractivity contribution in [3.05, 3.63) is 71.9 Å². The van der Waals surface area contributed by atoms with E-state index >= 15 is 0 Å². The number of esters is 1. The fourth-order valence-electron chi connectivity index (χ4n) is 5.56. The van der Waals surface area contributed by atoms with Crippen molar-refractivity contribution < 1.29 is 19.1 Å². The van der Waals surface area contributed by atoms with Gasteiger partial charge in [0.1, 0.15) is 5.84 Å². The number of carbonyl (C=O) groups is 2. The molecule has 0 aliphatic carbocycles. The van der Waals surface area contributed by atoms with E-state index in [1.807, 2.05) is 29.2 Å². The van der Waals surface area contributed by atoms with Crippen molar-refractivity contribution in [1.82, 2.24) is 14.7 Å². The molecule has 9 heteroatoms. The van der Waals surface area contributed by atoms with Gasteiger partial charge >= 0.3 is 5.97 Å².